The lowest BCUT2D eigenvalue weighted by Gasteiger charge is -2.25. The average molecular weight is 866 g/mol. The van der Waals surface area contributed by atoms with Crippen molar-refractivity contribution in [2.24, 2.45) is 0 Å². The Morgan fingerprint density at radius 2 is 0.984 bits per heavy atom. The first kappa shape index (κ1) is 57.6. The number of aliphatic hydroxyl groups is 1. The number of quaternary nitrogens is 1. The summed E-state index contributed by atoms with van der Waals surface area (Å²) in [6.45, 7) is 4.54. The number of likely N-dealkylation sites (N-methyl/N-ethyl adjacent to an activating group) is 1. The number of hydrogen-bond donors (Lipinski definition) is 3. The Kier molecular flexibility index (Phi) is 39.7. The van der Waals surface area contributed by atoms with Crippen molar-refractivity contribution in [3.05, 3.63) is 134 Å². The summed E-state index contributed by atoms with van der Waals surface area (Å²) in [6, 6.07) is -0.902. The van der Waals surface area contributed by atoms with E-state index in [2.05, 4.69) is 141 Å². The van der Waals surface area contributed by atoms with Gasteiger partial charge in [-0.2, -0.15) is 0 Å². The Labute approximate surface area is 373 Å². The Morgan fingerprint density at radius 3 is 1.44 bits per heavy atom. The van der Waals surface area contributed by atoms with Crippen molar-refractivity contribution in [2.75, 3.05) is 40.9 Å². The molecule has 0 fully saturated rings. The standard InChI is InChI=1S/C52H85N2O6P/c1-6-8-10-12-14-16-18-20-21-22-23-24-25-26-27-28-29-30-31-32-33-34-36-38-40-42-44-46-52(56)53-50(49-60-61(57,58)59-48-47-54(3,4)5)51(55)45-43-41-39-37-35-19-17-15-13-11-9-7-2/h8,10,13-16,20-21,23-24,26-27,29-30,32-33,35-38,43,45,50-51,55H,6-7,9,11-12,17-19,22,25,28,31,34,39-42,44,46-49H2,1-5H3,(H-,53,56,57,58)/p+1/b10-8-,15-13+,16-14-,21-20-,24-23-,27-26-,30-29-,33-32-,37-35+,38-36-,45-43+. The van der Waals surface area contributed by atoms with Crippen molar-refractivity contribution in [3.63, 3.8) is 0 Å². The summed E-state index contributed by atoms with van der Waals surface area (Å²) in [6.07, 6.45) is 63.9. The zero-order valence-corrected chi connectivity index (χ0v) is 39.7. The predicted molar refractivity (Wildman–Crippen MR) is 262 cm³/mol. The van der Waals surface area contributed by atoms with Gasteiger partial charge in [0.05, 0.1) is 39.9 Å². The molecule has 0 heterocycles. The normalized spacial score (nSPS) is 15.5. The van der Waals surface area contributed by atoms with Gasteiger partial charge < -0.3 is 19.8 Å². The molecular weight excluding hydrogens is 780 g/mol. The molecule has 3 atom stereocenters. The van der Waals surface area contributed by atoms with E-state index in [-0.39, 0.29) is 25.5 Å². The van der Waals surface area contributed by atoms with Gasteiger partial charge in [0, 0.05) is 6.42 Å². The molecule has 0 aromatic rings. The molecule has 0 saturated heterocycles. The van der Waals surface area contributed by atoms with E-state index >= 15 is 0 Å². The highest BCUT2D eigenvalue weighted by atomic mass is 31.2. The quantitative estimate of drug-likeness (QED) is 0.0246. The second kappa shape index (κ2) is 42.0. The SMILES string of the molecule is CC/C=C\C/C=C\C/C=C\C/C=C\C/C=C\C/C=C\C/C=C\C/C=C\CCCCC(=O)NC(COP(=O)(O)OCC[N+](C)(C)C)C(O)/C=C/CC/C=C/CC/C=C/CCCC. The van der Waals surface area contributed by atoms with E-state index in [1.165, 1.54) is 12.8 Å². The van der Waals surface area contributed by atoms with Gasteiger partial charge in [-0.25, -0.2) is 4.57 Å². The number of carbonyl (C=O) groups is 1. The molecule has 0 rings (SSSR count). The third-order valence-corrected chi connectivity index (χ3v) is 10.1. The van der Waals surface area contributed by atoms with Crippen LogP contribution in [0, 0.1) is 0 Å². The Morgan fingerprint density at radius 1 is 0.574 bits per heavy atom. The first-order chi connectivity index (χ1) is 29.5. The first-order valence-corrected chi connectivity index (χ1v) is 24.6. The molecule has 1 amide bonds. The topological polar surface area (TPSA) is 105 Å². The van der Waals surface area contributed by atoms with E-state index < -0.39 is 20.0 Å². The average Bonchev–Trinajstić information content (AvgIpc) is 3.21. The molecule has 9 heteroatoms. The van der Waals surface area contributed by atoms with E-state index in [0.29, 0.717) is 17.4 Å². The van der Waals surface area contributed by atoms with Gasteiger partial charge in [-0.05, 0) is 103 Å². The number of nitrogens with zero attached hydrogens (tertiary/aromatic N) is 1. The van der Waals surface area contributed by atoms with Gasteiger partial charge in [-0.1, -0.05) is 160 Å². The minimum atomic E-state index is -4.37. The number of allylic oxidation sites excluding steroid dienone is 21. The maximum absolute atomic E-state index is 12.9. The monoisotopic (exact) mass is 866 g/mol. The molecule has 8 nitrogen and oxygen atoms in total. The molecule has 344 valence electrons. The minimum Gasteiger partial charge on any atom is -0.387 e. The number of amides is 1. The van der Waals surface area contributed by atoms with Crippen molar-refractivity contribution in [1.29, 1.82) is 0 Å². The van der Waals surface area contributed by atoms with Crippen molar-refractivity contribution in [3.8, 4) is 0 Å². The van der Waals surface area contributed by atoms with Gasteiger partial charge in [0.15, 0.2) is 0 Å². The molecule has 0 aliphatic heterocycles. The molecular formula is C52H86N2O6P+. The lowest BCUT2D eigenvalue weighted by molar-refractivity contribution is -0.870. The van der Waals surface area contributed by atoms with Crippen LogP contribution in [0.1, 0.15) is 136 Å². The number of phosphoric acid groups is 1. The number of rotatable bonds is 39. The molecule has 0 aromatic carbocycles. The fourth-order valence-electron chi connectivity index (χ4n) is 5.42. The third-order valence-electron chi connectivity index (χ3n) is 9.08. The Balaban J connectivity index is 4.48. The van der Waals surface area contributed by atoms with Gasteiger partial charge in [0.25, 0.3) is 0 Å². The predicted octanol–water partition coefficient (Wildman–Crippen LogP) is 13.2. The largest absolute Gasteiger partial charge is 0.472 e. The van der Waals surface area contributed by atoms with E-state index in [4.69, 9.17) is 9.05 Å². The van der Waals surface area contributed by atoms with Gasteiger partial charge in [0.2, 0.25) is 5.91 Å². The van der Waals surface area contributed by atoms with Crippen LogP contribution in [0.15, 0.2) is 134 Å². The summed E-state index contributed by atoms with van der Waals surface area (Å²) in [5.41, 5.74) is 0. The Bertz CT molecular complexity index is 1440. The Hall–Kier alpha value is -3.36. The van der Waals surface area contributed by atoms with Crippen molar-refractivity contribution in [2.45, 2.75) is 148 Å². The second-order valence-corrected chi connectivity index (χ2v) is 17.5. The lowest BCUT2D eigenvalue weighted by atomic mass is 10.1. The highest BCUT2D eigenvalue weighted by Gasteiger charge is 2.27. The summed E-state index contributed by atoms with van der Waals surface area (Å²) in [5, 5.41) is 13.7. The van der Waals surface area contributed by atoms with E-state index in [1.54, 1.807) is 6.08 Å². The molecule has 0 saturated carbocycles. The molecule has 0 bridgehead atoms. The minimum absolute atomic E-state index is 0.0362. The third kappa shape index (κ3) is 44.5. The van der Waals surface area contributed by atoms with Crippen LogP contribution in [0.4, 0.5) is 0 Å². The van der Waals surface area contributed by atoms with Gasteiger partial charge in [-0.3, -0.25) is 13.8 Å². The van der Waals surface area contributed by atoms with Crippen LogP contribution in [0.5, 0.6) is 0 Å². The molecule has 0 aliphatic rings. The fraction of sp³-hybridized carbons (Fsp3) is 0.558. The van der Waals surface area contributed by atoms with Crippen LogP contribution in [-0.4, -0.2) is 73.4 Å². The van der Waals surface area contributed by atoms with Crippen molar-refractivity contribution in [1.82, 2.24) is 5.32 Å². The summed E-state index contributed by atoms with van der Waals surface area (Å²) in [5.74, 6) is -0.243. The number of unbranched alkanes of at least 4 members (excludes halogenated alkanes) is 6. The number of phosphoric ester groups is 1. The van der Waals surface area contributed by atoms with E-state index in [1.807, 2.05) is 27.2 Å². The first-order valence-electron chi connectivity index (χ1n) is 23.1. The number of aliphatic hydroxyl groups excluding tert-OH is 1. The molecule has 3 N–H and O–H groups in total. The molecule has 0 aliphatic carbocycles. The highest BCUT2D eigenvalue weighted by Crippen LogP contribution is 2.43. The molecule has 0 spiro atoms. The molecule has 61 heavy (non-hydrogen) atoms. The summed E-state index contributed by atoms with van der Waals surface area (Å²) in [7, 11) is 1.49. The molecule has 0 radical (unpaired) electrons. The van der Waals surface area contributed by atoms with E-state index in [9.17, 15) is 19.4 Å². The van der Waals surface area contributed by atoms with Crippen LogP contribution in [-0.2, 0) is 18.4 Å². The second-order valence-electron chi connectivity index (χ2n) is 16.0. The fourth-order valence-corrected chi connectivity index (χ4v) is 6.16. The number of hydrogen-bond acceptors (Lipinski definition) is 5. The zero-order chi connectivity index (χ0) is 45.0. The lowest BCUT2D eigenvalue weighted by Crippen LogP contribution is -2.45. The summed E-state index contributed by atoms with van der Waals surface area (Å²) < 4.78 is 23.5. The summed E-state index contributed by atoms with van der Waals surface area (Å²) in [4.78, 5) is 23.1. The van der Waals surface area contributed by atoms with Crippen LogP contribution in [0.25, 0.3) is 0 Å². The van der Waals surface area contributed by atoms with Gasteiger partial charge >= 0.3 is 7.82 Å². The van der Waals surface area contributed by atoms with E-state index in [0.717, 1.165) is 96.3 Å². The molecule has 3 unspecified atom stereocenters. The van der Waals surface area contributed by atoms with Gasteiger partial charge in [0.1, 0.15) is 13.2 Å². The van der Waals surface area contributed by atoms with Crippen molar-refractivity contribution < 1.29 is 32.9 Å². The van der Waals surface area contributed by atoms with Gasteiger partial charge in [-0.15, -0.1) is 0 Å². The van der Waals surface area contributed by atoms with Crippen LogP contribution >= 0.6 is 7.82 Å². The molecule has 0 aromatic heterocycles. The smallest absolute Gasteiger partial charge is 0.387 e. The summed E-state index contributed by atoms with van der Waals surface area (Å²) >= 11 is 0. The number of nitrogens with one attached hydrogen (secondary N) is 1. The zero-order valence-electron chi connectivity index (χ0n) is 38.8. The highest BCUT2D eigenvalue weighted by molar-refractivity contribution is 7.47. The number of carbonyl (C=O) groups excluding carboxylic acids is 1. The van der Waals surface area contributed by atoms with Crippen LogP contribution < -0.4 is 5.32 Å². The maximum Gasteiger partial charge on any atom is 0.472 e. The van der Waals surface area contributed by atoms with Crippen LogP contribution in [0.2, 0.25) is 0 Å². The maximum atomic E-state index is 12.9. The van der Waals surface area contributed by atoms with Crippen molar-refractivity contribution >= 4 is 13.7 Å². The van der Waals surface area contributed by atoms with Crippen LogP contribution in [0.3, 0.4) is 0 Å².